The van der Waals surface area contributed by atoms with Crippen LogP contribution in [0.5, 0.6) is 0 Å². The van der Waals surface area contributed by atoms with Gasteiger partial charge in [0.2, 0.25) is 0 Å². The molecule has 8 heteroatoms. The van der Waals surface area contributed by atoms with E-state index in [-0.39, 0.29) is 11.9 Å². The van der Waals surface area contributed by atoms with Crippen LogP contribution in [0.25, 0.3) is 11.1 Å². The van der Waals surface area contributed by atoms with Gasteiger partial charge in [-0.2, -0.15) is 0 Å². The maximum Gasteiger partial charge on any atom is 0.417 e. The minimum atomic E-state index is -0.521. The van der Waals surface area contributed by atoms with Crippen molar-refractivity contribution >= 4 is 22.9 Å². The molecule has 0 spiro atoms. The maximum atomic E-state index is 13.1. The Hall–Kier alpha value is -3.13. The molecule has 3 aromatic rings. The van der Waals surface area contributed by atoms with Crippen LogP contribution in [0.3, 0.4) is 0 Å². The van der Waals surface area contributed by atoms with Gasteiger partial charge in [-0.25, -0.2) is 14.0 Å². The van der Waals surface area contributed by atoms with Gasteiger partial charge in [-0.05, 0) is 61.4 Å². The number of ether oxygens (including phenoxy) is 1. The van der Waals surface area contributed by atoms with Gasteiger partial charge in [0.1, 0.15) is 11.9 Å². The van der Waals surface area contributed by atoms with Gasteiger partial charge < -0.3 is 14.5 Å². The zero-order chi connectivity index (χ0) is 21.4. The number of anilines is 1. The lowest BCUT2D eigenvalue weighted by atomic mass is 9.82. The molecule has 1 saturated carbocycles. The highest BCUT2D eigenvalue weighted by atomic mass is 19.1. The van der Waals surface area contributed by atoms with Gasteiger partial charge in [-0.3, -0.25) is 9.88 Å². The Kier molecular flexibility index (Phi) is 5.23. The molecular formula is C23H24FN3O4. The first-order valence-corrected chi connectivity index (χ1v) is 10.6. The number of amides is 1. The number of cyclic esters (lactones) is 1. The van der Waals surface area contributed by atoms with Gasteiger partial charge in [-0.15, -0.1) is 0 Å². The minimum absolute atomic E-state index is 0.197. The molecule has 1 atom stereocenters. The quantitative estimate of drug-likeness (QED) is 0.647. The van der Waals surface area contributed by atoms with Crippen molar-refractivity contribution in [2.24, 2.45) is 0 Å². The molecule has 0 radical (unpaired) electrons. The normalized spacial score (nSPS) is 24.0. The fourth-order valence-corrected chi connectivity index (χ4v) is 4.60. The van der Waals surface area contributed by atoms with E-state index < -0.39 is 11.8 Å². The van der Waals surface area contributed by atoms with E-state index in [1.54, 1.807) is 23.1 Å². The number of nitrogens with one attached hydrogen (secondary N) is 2. The SMILES string of the molecule is O=C1OC(CNC2CCC(c3ccc(F)cc3)CC2)CN1c1ccc2[nH]c(=O)oc2c1. The summed E-state index contributed by atoms with van der Waals surface area (Å²) in [5.74, 6) is -0.244. The zero-order valence-corrected chi connectivity index (χ0v) is 17.0. The number of rotatable bonds is 5. The maximum absolute atomic E-state index is 13.1. The first kappa shape index (κ1) is 19.8. The highest BCUT2D eigenvalue weighted by Gasteiger charge is 2.33. The molecule has 1 amide bonds. The van der Waals surface area contributed by atoms with Crippen molar-refractivity contribution in [1.82, 2.24) is 10.3 Å². The molecule has 2 heterocycles. The van der Waals surface area contributed by atoms with E-state index in [0.717, 1.165) is 25.7 Å². The van der Waals surface area contributed by atoms with Gasteiger partial charge in [-0.1, -0.05) is 12.1 Å². The minimum Gasteiger partial charge on any atom is -0.443 e. The first-order chi connectivity index (χ1) is 15.0. The van der Waals surface area contributed by atoms with Crippen molar-refractivity contribution in [3.63, 3.8) is 0 Å². The molecule has 1 saturated heterocycles. The van der Waals surface area contributed by atoms with Crippen LogP contribution in [-0.2, 0) is 4.74 Å². The van der Waals surface area contributed by atoms with Crippen LogP contribution in [0, 0.1) is 5.82 Å². The van der Waals surface area contributed by atoms with E-state index >= 15 is 0 Å². The zero-order valence-electron chi connectivity index (χ0n) is 17.0. The Morgan fingerprint density at radius 3 is 2.61 bits per heavy atom. The van der Waals surface area contributed by atoms with E-state index in [4.69, 9.17) is 9.15 Å². The number of aromatic amines is 1. The van der Waals surface area contributed by atoms with Crippen LogP contribution >= 0.6 is 0 Å². The molecule has 5 rings (SSSR count). The van der Waals surface area contributed by atoms with E-state index in [1.807, 2.05) is 12.1 Å². The fourth-order valence-electron chi connectivity index (χ4n) is 4.60. The highest BCUT2D eigenvalue weighted by molar-refractivity contribution is 5.92. The molecule has 2 fully saturated rings. The van der Waals surface area contributed by atoms with Gasteiger partial charge in [0.05, 0.1) is 17.7 Å². The standard InChI is InChI=1S/C23H24FN3O4/c24-16-5-1-14(2-6-16)15-3-7-17(8-4-15)25-12-19-13-27(23(29)30-19)18-9-10-20-21(11-18)31-22(28)26-20/h1-2,5-6,9-11,15,17,19,25H,3-4,7-8,12-13H2,(H,26,28). The second kappa shape index (κ2) is 8.19. The van der Waals surface area contributed by atoms with Gasteiger partial charge in [0.15, 0.2) is 5.58 Å². The second-order valence-electron chi connectivity index (χ2n) is 8.32. The van der Waals surface area contributed by atoms with Crippen molar-refractivity contribution in [1.29, 1.82) is 0 Å². The number of nitrogens with zero attached hydrogens (tertiary/aromatic N) is 1. The van der Waals surface area contributed by atoms with Crippen molar-refractivity contribution < 1.29 is 18.3 Å². The summed E-state index contributed by atoms with van der Waals surface area (Å²) < 4.78 is 23.7. The van der Waals surface area contributed by atoms with Crippen LogP contribution in [0.2, 0.25) is 0 Å². The van der Waals surface area contributed by atoms with Gasteiger partial charge >= 0.3 is 11.8 Å². The third-order valence-electron chi connectivity index (χ3n) is 6.29. The molecule has 1 aliphatic carbocycles. The number of carbonyl (C=O) groups is 1. The van der Waals surface area contributed by atoms with E-state index in [2.05, 4.69) is 10.3 Å². The molecule has 1 aromatic heterocycles. The second-order valence-corrected chi connectivity index (χ2v) is 8.32. The number of carbonyl (C=O) groups excluding carboxylic acids is 1. The number of hydrogen-bond donors (Lipinski definition) is 2. The van der Waals surface area contributed by atoms with Crippen molar-refractivity contribution in [3.05, 3.63) is 64.4 Å². The molecule has 1 aliphatic heterocycles. The Morgan fingerprint density at radius 2 is 1.84 bits per heavy atom. The molecule has 2 aromatic carbocycles. The van der Waals surface area contributed by atoms with E-state index in [0.29, 0.717) is 41.8 Å². The molecule has 2 aliphatic rings. The number of hydrogen-bond acceptors (Lipinski definition) is 5. The third-order valence-corrected chi connectivity index (χ3v) is 6.29. The van der Waals surface area contributed by atoms with Crippen molar-refractivity contribution in [2.45, 2.75) is 43.7 Å². The summed E-state index contributed by atoms with van der Waals surface area (Å²) in [5.41, 5.74) is 2.85. The van der Waals surface area contributed by atoms with Gasteiger partial charge in [0, 0.05) is 18.7 Å². The average Bonchev–Trinajstić information content (AvgIpc) is 3.33. The monoisotopic (exact) mass is 425 g/mol. The Morgan fingerprint density at radius 1 is 1.06 bits per heavy atom. The number of benzene rings is 2. The molecule has 1 unspecified atom stereocenters. The molecule has 0 bridgehead atoms. The molecule has 2 N–H and O–H groups in total. The van der Waals surface area contributed by atoms with Crippen LogP contribution < -0.4 is 16.0 Å². The lowest BCUT2D eigenvalue weighted by Crippen LogP contribution is -2.39. The van der Waals surface area contributed by atoms with Crippen molar-refractivity contribution in [3.8, 4) is 0 Å². The Labute approximate surface area is 178 Å². The largest absolute Gasteiger partial charge is 0.443 e. The van der Waals surface area contributed by atoms with Crippen LogP contribution in [-0.4, -0.2) is 36.3 Å². The summed E-state index contributed by atoms with van der Waals surface area (Å²) in [5, 5.41) is 3.54. The molecule has 162 valence electrons. The highest BCUT2D eigenvalue weighted by Crippen LogP contribution is 2.33. The Balaban J connectivity index is 1.13. The summed E-state index contributed by atoms with van der Waals surface area (Å²) in [6.07, 6.45) is 3.55. The lowest BCUT2D eigenvalue weighted by molar-refractivity contribution is 0.136. The predicted molar refractivity (Wildman–Crippen MR) is 114 cm³/mol. The summed E-state index contributed by atoms with van der Waals surface area (Å²) in [6, 6.07) is 12.4. The van der Waals surface area contributed by atoms with Gasteiger partial charge in [0.25, 0.3) is 0 Å². The Bertz CT molecular complexity index is 1130. The molecule has 7 nitrogen and oxygen atoms in total. The van der Waals surface area contributed by atoms with Crippen LogP contribution in [0.4, 0.5) is 14.9 Å². The topological polar surface area (TPSA) is 87.6 Å². The number of aromatic nitrogens is 1. The summed E-state index contributed by atoms with van der Waals surface area (Å²) in [4.78, 5) is 27.8. The summed E-state index contributed by atoms with van der Waals surface area (Å²) in [6.45, 7) is 1.03. The summed E-state index contributed by atoms with van der Waals surface area (Å²) >= 11 is 0. The number of oxazole rings is 1. The number of halogens is 1. The summed E-state index contributed by atoms with van der Waals surface area (Å²) in [7, 11) is 0. The van der Waals surface area contributed by atoms with Crippen LogP contribution in [0.1, 0.15) is 37.2 Å². The first-order valence-electron chi connectivity index (χ1n) is 10.6. The van der Waals surface area contributed by atoms with E-state index in [9.17, 15) is 14.0 Å². The lowest BCUT2D eigenvalue weighted by Gasteiger charge is -2.30. The molecular weight excluding hydrogens is 401 g/mol. The van der Waals surface area contributed by atoms with Crippen molar-refractivity contribution in [2.75, 3.05) is 18.0 Å². The third kappa shape index (κ3) is 4.20. The number of H-pyrrole nitrogens is 1. The predicted octanol–water partition coefficient (Wildman–Crippen LogP) is 3.90. The average molecular weight is 425 g/mol. The fraction of sp³-hybridized carbons (Fsp3) is 0.391. The van der Waals surface area contributed by atoms with Crippen LogP contribution in [0.15, 0.2) is 51.7 Å². The molecule has 31 heavy (non-hydrogen) atoms. The smallest absolute Gasteiger partial charge is 0.417 e. The number of fused-ring (bicyclic) bond motifs is 1. The van der Waals surface area contributed by atoms with E-state index in [1.165, 1.54) is 17.7 Å².